The van der Waals surface area contributed by atoms with Crippen LogP contribution in [0.1, 0.15) is 68.6 Å². The van der Waals surface area contributed by atoms with Gasteiger partial charge in [0, 0.05) is 44.5 Å². The molecule has 2 aromatic carbocycles. The van der Waals surface area contributed by atoms with E-state index < -0.39 is 51.4 Å². The van der Waals surface area contributed by atoms with Gasteiger partial charge in [0.25, 0.3) is 0 Å². The lowest BCUT2D eigenvalue weighted by atomic mass is 10.1. The summed E-state index contributed by atoms with van der Waals surface area (Å²) in [6.45, 7) is 2.95. The van der Waals surface area contributed by atoms with Gasteiger partial charge in [-0.05, 0) is 49.1 Å². The molecule has 1 unspecified atom stereocenters. The Balaban J connectivity index is 0.00000400. The van der Waals surface area contributed by atoms with Crippen LogP contribution in [0.2, 0.25) is 0 Å². The van der Waals surface area contributed by atoms with Crippen LogP contribution in [0.5, 0.6) is 5.75 Å². The first kappa shape index (κ1) is 40.7. The maximum absolute atomic E-state index is 14.4. The van der Waals surface area contributed by atoms with Gasteiger partial charge in [0.05, 0.1) is 23.6 Å². The summed E-state index contributed by atoms with van der Waals surface area (Å²) in [6, 6.07) is 9.53. The molecule has 2 aromatic rings. The zero-order valence-corrected chi connectivity index (χ0v) is 28.9. The van der Waals surface area contributed by atoms with Crippen LogP contribution in [-0.4, -0.2) is 73.6 Å². The molecule has 0 aliphatic carbocycles. The van der Waals surface area contributed by atoms with Gasteiger partial charge in [-0.1, -0.05) is 43.7 Å². The molecule has 0 saturated carbocycles. The number of ether oxygens (including phenoxy) is 1. The van der Waals surface area contributed by atoms with Crippen LogP contribution in [0.25, 0.3) is 6.08 Å². The van der Waals surface area contributed by atoms with Gasteiger partial charge in [-0.25, -0.2) is 8.42 Å². The van der Waals surface area contributed by atoms with Gasteiger partial charge < -0.3 is 20.5 Å². The molecule has 16 heteroatoms. The number of rotatable bonds is 11. The fourth-order valence-electron chi connectivity index (χ4n) is 5.64. The van der Waals surface area contributed by atoms with Crippen molar-refractivity contribution in [3.8, 4) is 5.75 Å². The molecular weight excluding hydrogens is 694 g/mol. The summed E-state index contributed by atoms with van der Waals surface area (Å²) in [6.07, 6.45) is 2.42. The van der Waals surface area contributed by atoms with Gasteiger partial charge in [0.15, 0.2) is 5.25 Å². The number of hydrogen-bond donors (Lipinski definition) is 3. The van der Waals surface area contributed by atoms with Gasteiger partial charge in [-0.2, -0.15) is 13.2 Å². The number of carboxylic acids is 1. The van der Waals surface area contributed by atoms with Crippen molar-refractivity contribution in [3.63, 3.8) is 0 Å². The Morgan fingerprint density at radius 1 is 1.17 bits per heavy atom. The lowest BCUT2D eigenvalue weighted by Crippen LogP contribution is -2.43. The SMILES string of the molecule is CCC(C(=O)O)S(=O)(=O)N(C/C=C/c1cccc(C(=N)N)c1)c1ccc(OC2CCN(C3=NCCCCC3)CC2)c(C(F)(F)F)c1.Cl.Cl. The third-order valence-corrected chi connectivity index (χ3v) is 10.3. The summed E-state index contributed by atoms with van der Waals surface area (Å²) in [5.74, 6) is -1.15. The topological polar surface area (TPSA) is 149 Å². The summed E-state index contributed by atoms with van der Waals surface area (Å²) in [7, 11) is -4.66. The van der Waals surface area contributed by atoms with E-state index >= 15 is 0 Å². The predicted molar refractivity (Wildman–Crippen MR) is 186 cm³/mol. The highest BCUT2D eigenvalue weighted by atomic mass is 35.5. The van der Waals surface area contributed by atoms with Gasteiger partial charge in [-0.3, -0.25) is 19.5 Å². The molecule has 1 atom stereocenters. The minimum atomic E-state index is -4.88. The first-order chi connectivity index (χ1) is 21.8. The third kappa shape index (κ3) is 10.3. The van der Waals surface area contributed by atoms with E-state index in [1.807, 2.05) is 0 Å². The number of aliphatic carboxylic acids is 1. The number of halogens is 5. The van der Waals surface area contributed by atoms with E-state index in [2.05, 4.69) is 9.89 Å². The molecule has 2 aliphatic heterocycles. The number of nitrogens with zero attached hydrogens (tertiary/aromatic N) is 3. The second kappa shape index (κ2) is 17.8. The maximum atomic E-state index is 14.4. The number of sulfonamides is 1. The molecule has 10 nitrogen and oxygen atoms in total. The number of benzene rings is 2. The second-order valence-corrected chi connectivity index (χ2v) is 13.4. The number of nitrogens with two attached hydrogens (primary N) is 1. The van der Waals surface area contributed by atoms with Gasteiger partial charge in [0.1, 0.15) is 17.7 Å². The first-order valence-corrected chi connectivity index (χ1v) is 16.8. The maximum Gasteiger partial charge on any atom is 0.420 e. The van der Waals surface area contributed by atoms with E-state index in [0.29, 0.717) is 47.4 Å². The number of nitrogens with one attached hydrogen (secondary N) is 1. The standard InChI is InChI=1S/C32H40F3N5O5S.2ClH/c1-2-28(31(41)42)46(43,44)40(17-7-9-22-8-6-10-23(20-22)30(36)37)24-12-13-27(26(21-24)32(33,34)35)45-25-14-18-39(19-15-25)29-11-4-3-5-16-38-29;;/h6-10,12-13,20-21,25,28H,2-5,11,14-19H2,1H3,(H3,36,37)(H,41,42);2*1H/b9-7+;;. The van der Waals surface area contributed by atoms with E-state index in [9.17, 15) is 31.5 Å². The van der Waals surface area contributed by atoms with Crippen LogP contribution in [0.3, 0.4) is 0 Å². The average molecular weight is 737 g/mol. The van der Waals surface area contributed by atoms with Crippen LogP contribution in [0, 0.1) is 5.41 Å². The number of carboxylic acid groups (broad SMARTS) is 1. The lowest BCUT2D eigenvalue weighted by molar-refractivity contribution is -0.139. The van der Waals surface area contributed by atoms with Gasteiger partial charge in [0.2, 0.25) is 10.0 Å². The Hall–Kier alpha value is -3.49. The second-order valence-electron chi connectivity index (χ2n) is 11.3. The quantitative estimate of drug-likeness (QED) is 0.180. The lowest BCUT2D eigenvalue weighted by Gasteiger charge is -2.35. The van der Waals surface area contributed by atoms with Crippen molar-refractivity contribution in [2.45, 2.75) is 69.4 Å². The fraction of sp³-hybridized carbons (Fsp3) is 0.469. The zero-order valence-electron chi connectivity index (χ0n) is 26.5. The van der Waals surface area contributed by atoms with Gasteiger partial charge >= 0.3 is 12.1 Å². The van der Waals surface area contributed by atoms with Crippen molar-refractivity contribution in [2.24, 2.45) is 10.7 Å². The number of nitrogen functional groups attached to an aromatic ring is 1. The van der Waals surface area contributed by atoms with E-state index in [4.69, 9.17) is 15.9 Å². The van der Waals surface area contributed by atoms with E-state index in [-0.39, 0.29) is 42.8 Å². The Bertz CT molecular complexity index is 1580. The molecule has 1 fully saturated rings. The molecule has 266 valence electrons. The molecule has 4 N–H and O–H groups in total. The molecule has 2 aliphatic rings. The van der Waals surface area contributed by atoms with Crippen molar-refractivity contribution in [1.29, 1.82) is 5.41 Å². The highest BCUT2D eigenvalue weighted by molar-refractivity contribution is 7.94. The molecule has 48 heavy (non-hydrogen) atoms. The van der Waals surface area contributed by atoms with Crippen LogP contribution >= 0.6 is 24.8 Å². The first-order valence-electron chi connectivity index (χ1n) is 15.3. The number of anilines is 1. The van der Waals surface area contributed by atoms with Crippen LogP contribution < -0.4 is 14.8 Å². The average Bonchev–Trinajstić information content (AvgIpc) is 3.29. The summed E-state index contributed by atoms with van der Waals surface area (Å²) in [5, 5.41) is 15.4. The molecule has 2 heterocycles. The predicted octanol–water partition coefficient (Wildman–Crippen LogP) is 6.36. The highest BCUT2D eigenvalue weighted by Crippen LogP contribution is 2.40. The number of aliphatic imine (C=N–C) groups is 1. The summed E-state index contributed by atoms with van der Waals surface area (Å²) < 4.78 is 76.9. The minimum absolute atomic E-state index is 0. The number of likely N-dealkylation sites (tertiary alicyclic amines) is 1. The highest BCUT2D eigenvalue weighted by Gasteiger charge is 2.40. The fourth-order valence-corrected chi connectivity index (χ4v) is 7.33. The Morgan fingerprint density at radius 2 is 1.88 bits per heavy atom. The van der Waals surface area contributed by atoms with Crippen molar-refractivity contribution < 1.29 is 36.2 Å². The van der Waals surface area contributed by atoms with Crippen molar-refractivity contribution in [3.05, 3.63) is 65.2 Å². The summed E-state index contributed by atoms with van der Waals surface area (Å²) in [5.41, 5.74) is 5.03. The third-order valence-electron chi connectivity index (χ3n) is 8.10. The van der Waals surface area contributed by atoms with Crippen molar-refractivity contribution >= 4 is 64.2 Å². The smallest absolute Gasteiger partial charge is 0.420 e. The molecular formula is C32H42Cl2F3N5O5S. The van der Waals surface area contributed by atoms with Crippen molar-refractivity contribution in [1.82, 2.24) is 4.90 Å². The molecule has 4 rings (SSSR count). The number of piperidine rings is 1. The van der Waals surface area contributed by atoms with E-state index in [0.717, 1.165) is 44.1 Å². The molecule has 0 bridgehead atoms. The molecule has 0 radical (unpaired) electrons. The Labute approximate surface area is 291 Å². The number of amidine groups is 2. The van der Waals surface area contributed by atoms with Gasteiger partial charge in [-0.15, -0.1) is 24.8 Å². The molecule has 1 saturated heterocycles. The largest absolute Gasteiger partial charge is 0.490 e. The molecule has 0 aromatic heterocycles. The van der Waals surface area contributed by atoms with Crippen LogP contribution in [0.15, 0.2) is 53.5 Å². The number of hydrogen-bond acceptors (Lipinski definition) is 7. The van der Waals surface area contributed by atoms with E-state index in [1.54, 1.807) is 24.3 Å². The number of carbonyl (C=O) groups is 1. The Kier molecular flexibility index (Phi) is 15.1. The molecule has 0 spiro atoms. The van der Waals surface area contributed by atoms with E-state index in [1.165, 1.54) is 25.1 Å². The Morgan fingerprint density at radius 3 is 2.50 bits per heavy atom. The van der Waals surface area contributed by atoms with Crippen LogP contribution in [-0.2, 0) is 21.0 Å². The zero-order chi connectivity index (χ0) is 33.5. The molecule has 0 amide bonds. The monoisotopic (exact) mass is 735 g/mol. The summed E-state index contributed by atoms with van der Waals surface area (Å²) >= 11 is 0. The summed E-state index contributed by atoms with van der Waals surface area (Å²) in [4.78, 5) is 18.7. The number of alkyl halides is 3. The van der Waals surface area contributed by atoms with Crippen LogP contribution in [0.4, 0.5) is 18.9 Å². The normalized spacial score (nSPS) is 16.6. The minimum Gasteiger partial charge on any atom is -0.490 e. The van der Waals surface area contributed by atoms with Crippen molar-refractivity contribution in [2.75, 3.05) is 30.5 Å².